The van der Waals surface area contributed by atoms with Gasteiger partial charge in [-0.2, -0.15) is 0 Å². The van der Waals surface area contributed by atoms with E-state index in [1.165, 1.54) is 0 Å². The number of rotatable bonds is 22. The number of hydrogen-bond acceptors (Lipinski definition) is 35. The molecule has 0 radical (unpaired) electrons. The third-order valence-corrected chi connectivity index (χ3v) is 24.4. The van der Waals surface area contributed by atoms with Crippen LogP contribution in [0.4, 0.5) is 0 Å². The second-order valence-electron chi connectivity index (χ2n) is 30.0. The van der Waals surface area contributed by atoms with Gasteiger partial charge in [0.2, 0.25) is 0 Å². The zero-order chi connectivity index (χ0) is 71.1. The highest BCUT2D eigenvalue weighted by atomic mass is 16.8. The zero-order valence-corrected chi connectivity index (χ0v) is 55.1. The zero-order valence-electron chi connectivity index (χ0n) is 55.1. The van der Waals surface area contributed by atoms with Crippen LogP contribution in [0, 0.1) is 52.3 Å². The summed E-state index contributed by atoms with van der Waals surface area (Å²) in [5.74, 6) is -0.945. The second kappa shape index (κ2) is 31.2. The summed E-state index contributed by atoms with van der Waals surface area (Å²) in [6, 6.07) is 0. The monoisotopic (exact) mass is 1420 g/mol. The van der Waals surface area contributed by atoms with Gasteiger partial charge in [0, 0.05) is 12.3 Å². The van der Waals surface area contributed by atoms with Crippen molar-refractivity contribution in [1.82, 2.24) is 0 Å². The van der Waals surface area contributed by atoms with Crippen LogP contribution in [0.25, 0.3) is 0 Å². The molecular formula is C63H106O35. The van der Waals surface area contributed by atoms with E-state index >= 15 is 0 Å². The summed E-state index contributed by atoms with van der Waals surface area (Å²) in [7, 11) is 0. The summed E-state index contributed by atoms with van der Waals surface area (Å²) in [6.45, 7) is 3.13. The fourth-order valence-electron chi connectivity index (χ4n) is 18.6. The largest absolute Gasteiger partial charge is 0.394 e. The first-order chi connectivity index (χ1) is 46.4. The van der Waals surface area contributed by atoms with Crippen molar-refractivity contribution in [2.24, 2.45) is 52.3 Å². The number of hydrogen-bond donors (Lipinski definition) is 22. The molecule has 4 saturated carbocycles. The van der Waals surface area contributed by atoms with Crippen molar-refractivity contribution in [3.63, 3.8) is 0 Å². The fraction of sp³-hybridized carbons (Fsp3) is 1.00. The summed E-state index contributed by atoms with van der Waals surface area (Å²) in [4.78, 5) is 0. The van der Waals surface area contributed by atoms with E-state index in [0.717, 1.165) is 32.1 Å². The maximum absolute atomic E-state index is 12.2. The molecule has 4 aliphatic carbocycles. The minimum absolute atomic E-state index is 0.0234. The number of aliphatic hydroxyl groups excluding tert-OH is 21. The average molecular weight is 1420 g/mol. The van der Waals surface area contributed by atoms with Crippen LogP contribution >= 0.6 is 0 Å². The van der Waals surface area contributed by atoms with E-state index < -0.39 is 242 Å². The average Bonchev–Trinajstić information content (AvgIpc) is 1.41. The minimum atomic E-state index is -2.27. The predicted octanol–water partition coefficient (Wildman–Crippen LogP) is -9.34. The van der Waals surface area contributed by atoms with E-state index in [1.807, 2.05) is 13.8 Å². The van der Waals surface area contributed by atoms with Gasteiger partial charge in [0.25, 0.3) is 0 Å². The molecule has 7 heterocycles. The van der Waals surface area contributed by atoms with Crippen LogP contribution in [0.3, 0.4) is 0 Å². The molecule has 7 aliphatic heterocycles. The Kier molecular flexibility index (Phi) is 24.7. The molecule has 43 atom stereocenters. The van der Waals surface area contributed by atoms with Crippen molar-refractivity contribution < 1.29 is 174 Å². The smallest absolute Gasteiger partial charge is 0.187 e. The van der Waals surface area contributed by atoms with Crippen LogP contribution in [0.15, 0.2) is 0 Å². The van der Waals surface area contributed by atoms with Crippen LogP contribution < -0.4 is 0 Å². The van der Waals surface area contributed by atoms with Crippen LogP contribution in [-0.4, -0.2) is 367 Å². The molecule has 11 aliphatic rings. The van der Waals surface area contributed by atoms with Gasteiger partial charge in [-0.1, -0.05) is 27.7 Å². The van der Waals surface area contributed by atoms with E-state index in [2.05, 4.69) is 13.8 Å². The number of aliphatic hydroxyl groups is 22. The van der Waals surface area contributed by atoms with E-state index in [1.54, 1.807) is 0 Å². The molecule has 0 spiro atoms. The molecule has 35 nitrogen and oxygen atoms in total. The van der Waals surface area contributed by atoms with Crippen molar-refractivity contribution in [3.8, 4) is 0 Å². The molecule has 0 aromatic carbocycles. The SMILES string of the molecule is CC(CC[C@@]1(O)O[C@H]2CC3C4CCC5C[C@@H](O[C@@H]6O[C@H](CO)[C@H](O[C@@H]7O[C@H](CO)[C@@H](O)[C@H](O[C@@H]8O[C@H](CO)[C@@H](O)[C@H](O)[C@H]8O)[C@H]7O[C@@H]7O[C@H](CO)[C@@H](O)[C@H](O[C@@H]8O[C@H](CO)[C@@H](O)[C@H](O)[C@H]8O)[C@H]7O)[C@H](O)[C@H]6O)[C@H](O)C[C@]5(C)C4CC[C@]3(C)[C@H]2[C@@H]1C)CO[C@@H]1O[C@H](CO)[C@@H](O)[C@H](O)[C@H]1O. The molecule has 0 amide bonds. The molecule has 11 fully saturated rings. The molecule has 0 aromatic heterocycles. The third kappa shape index (κ3) is 14.3. The lowest BCUT2D eigenvalue weighted by atomic mass is 9.44. The highest BCUT2D eigenvalue weighted by Crippen LogP contribution is 2.71. The molecule has 5 unspecified atom stereocenters. The van der Waals surface area contributed by atoms with Crippen LogP contribution in [0.2, 0.25) is 0 Å². The van der Waals surface area contributed by atoms with Gasteiger partial charge in [-0.05, 0) is 97.7 Å². The Morgan fingerprint density at radius 1 is 0.429 bits per heavy atom. The van der Waals surface area contributed by atoms with Gasteiger partial charge in [0.15, 0.2) is 43.5 Å². The standard InChI is InChI=1S/C63H106O35/c1-21(20-86-55-46(80)42(76)37(71)30(14-64)88-55)7-10-63(85)22(2)36-29(98-63)12-26-24-6-5-23-11-28(27(70)13-62(23,4)25(24)8-9-61(26,36)3)87-56-49(83)45(79)51(35(19-69)93-56)94-60-54(53(41(75)34(18-68)92-60)96-58-48(82)44(78)39(73)32(16-66)90-58)97-59-50(84)52(40(74)33(17-67)91-59)95-57-47(81)43(77)38(72)31(15-65)89-57/h21-60,64-85H,5-20H2,1-4H3/t21?,22-,23?,24?,25?,26?,27+,28+,29-,30+,31+,32+,33+,34+,35+,36-,37+,38+,39+,40+,41+,42-,43-,44-,45+,46+,47+,48+,49+,50+,51-,52-,53-,54+,55+,56+,57-,58-,59-,60-,61-,62-,63+/m0/s1. The van der Waals surface area contributed by atoms with E-state index in [9.17, 15) is 112 Å². The second-order valence-corrected chi connectivity index (χ2v) is 30.0. The number of fused-ring (bicyclic) bond motifs is 7. The molecule has 568 valence electrons. The minimum Gasteiger partial charge on any atom is -0.394 e. The summed E-state index contributed by atoms with van der Waals surface area (Å²) in [5, 5.41) is 240. The normalized spacial score (nSPS) is 55.5. The lowest BCUT2D eigenvalue weighted by Gasteiger charge is -2.62. The fourth-order valence-corrected chi connectivity index (χ4v) is 18.6. The maximum Gasteiger partial charge on any atom is 0.187 e. The van der Waals surface area contributed by atoms with Crippen molar-refractivity contribution in [3.05, 3.63) is 0 Å². The molecule has 0 aromatic rings. The Morgan fingerprint density at radius 2 is 0.878 bits per heavy atom. The molecule has 22 N–H and O–H groups in total. The quantitative estimate of drug-likeness (QED) is 0.0448. The van der Waals surface area contributed by atoms with Crippen molar-refractivity contribution in [2.75, 3.05) is 46.2 Å². The summed E-state index contributed by atoms with van der Waals surface area (Å²) in [6.07, 6.45) is -52.7. The molecule has 35 heteroatoms. The van der Waals surface area contributed by atoms with Crippen LogP contribution in [0.1, 0.15) is 85.5 Å². The van der Waals surface area contributed by atoms with Gasteiger partial charge >= 0.3 is 0 Å². The Morgan fingerprint density at radius 3 is 1.44 bits per heavy atom. The molecule has 98 heavy (non-hydrogen) atoms. The first-order valence-electron chi connectivity index (χ1n) is 34.5. The predicted molar refractivity (Wildman–Crippen MR) is 318 cm³/mol. The van der Waals surface area contributed by atoms with Crippen LogP contribution in [0.5, 0.6) is 0 Å². The lowest BCUT2D eigenvalue weighted by molar-refractivity contribution is -0.412. The Balaban J connectivity index is 0.752. The first-order valence-corrected chi connectivity index (χ1v) is 34.5. The number of ether oxygens (including phenoxy) is 13. The summed E-state index contributed by atoms with van der Waals surface area (Å²) >= 11 is 0. The highest BCUT2D eigenvalue weighted by molar-refractivity contribution is 5.16. The van der Waals surface area contributed by atoms with Crippen molar-refractivity contribution >= 4 is 0 Å². The Bertz CT molecular complexity index is 2550. The first kappa shape index (κ1) is 77.7. The highest BCUT2D eigenvalue weighted by Gasteiger charge is 2.69. The van der Waals surface area contributed by atoms with Gasteiger partial charge in [-0.25, -0.2) is 0 Å². The van der Waals surface area contributed by atoms with Crippen LogP contribution in [-0.2, 0) is 61.6 Å². The Hall–Kier alpha value is -1.40. The van der Waals surface area contributed by atoms with E-state index in [0.29, 0.717) is 25.7 Å². The molecule has 11 rings (SSSR count). The summed E-state index contributed by atoms with van der Waals surface area (Å²) < 4.78 is 77.7. The van der Waals surface area contributed by atoms with Gasteiger partial charge in [0.1, 0.15) is 146 Å². The van der Waals surface area contributed by atoms with Gasteiger partial charge in [0.05, 0.1) is 64.6 Å². The molecule has 7 saturated heterocycles. The van der Waals surface area contributed by atoms with Gasteiger partial charge in [-0.3, -0.25) is 0 Å². The van der Waals surface area contributed by atoms with Crippen molar-refractivity contribution in [2.45, 2.75) is 294 Å². The van der Waals surface area contributed by atoms with Gasteiger partial charge < -0.3 is 174 Å². The van der Waals surface area contributed by atoms with E-state index in [4.69, 9.17) is 61.6 Å². The topological polar surface area (TPSA) is 565 Å². The van der Waals surface area contributed by atoms with E-state index in [-0.39, 0.29) is 65.0 Å². The Labute approximate surface area is 564 Å². The van der Waals surface area contributed by atoms with Gasteiger partial charge in [-0.15, -0.1) is 0 Å². The lowest BCUT2D eigenvalue weighted by Crippen LogP contribution is -2.69. The maximum atomic E-state index is 12.2. The third-order valence-electron chi connectivity index (χ3n) is 24.4. The summed E-state index contributed by atoms with van der Waals surface area (Å²) in [5.41, 5.74) is -0.528. The van der Waals surface area contributed by atoms with Crippen molar-refractivity contribution in [1.29, 1.82) is 0 Å². The molecular weight excluding hydrogens is 1320 g/mol. The molecule has 0 bridgehead atoms.